The van der Waals surface area contributed by atoms with Gasteiger partial charge in [0.2, 0.25) is 5.88 Å². The van der Waals surface area contributed by atoms with Crippen LogP contribution in [0.4, 0.5) is 4.79 Å². The number of nitrogens with zero attached hydrogens (tertiary/aromatic N) is 3. The van der Waals surface area contributed by atoms with Crippen molar-refractivity contribution in [2.45, 2.75) is 71.5 Å². The maximum Gasteiger partial charge on any atom is 0.407 e. The predicted octanol–water partition coefficient (Wildman–Crippen LogP) is 4.79. The van der Waals surface area contributed by atoms with Crippen molar-refractivity contribution in [3.63, 3.8) is 0 Å². The summed E-state index contributed by atoms with van der Waals surface area (Å²) in [4.78, 5) is 12.8. The second-order valence-corrected chi connectivity index (χ2v) is 11.0. The molecule has 2 aromatic rings. The van der Waals surface area contributed by atoms with Crippen LogP contribution in [0.25, 0.3) is 0 Å². The van der Waals surface area contributed by atoms with Crippen LogP contribution in [0, 0.1) is 10.8 Å². The number of hydrogen-bond acceptors (Lipinski definition) is 5. The first-order valence-corrected chi connectivity index (χ1v) is 11.8. The summed E-state index contributed by atoms with van der Waals surface area (Å²) in [7, 11) is 0. The first kappa shape index (κ1) is 23.5. The SMILES string of the molecule is CC(C)c1ccc([C@](O)(c2cnnc(OC3CCCC3(C)C)c2)C2(C)CN(C(=O)O)C2)cc1. The molecule has 1 aliphatic carbocycles. The molecular weight excluding hydrogens is 418 g/mol. The van der Waals surface area contributed by atoms with E-state index in [0.29, 0.717) is 22.9 Å². The Bertz CT molecular complexity index is 1010. The third-order valence-corrected chi connectivity index (χ3v) is 7.69. The zero-order valence-electron chi connectivity index (χ0n) is 20.2. The smallest absolute Gasteiger partial charge is 0.407 e. The van der Waals surface area contributed by atoms with Crippen LogP contribution < -0.4 is 4.74 Å². The normalized spacial score (nSPS) is 23.1. The lowest BCUT2D eigenvalue weighted by Gasteiger charge is -2.55. The average molecular weight is 454 g/mol. The van der Waals surface area contributed by atoms with E-state index in [1.807, 2.05) is 31.2 Å². The Morgan fingerprint density at radius 2 is 1.85 bits per heavy atom. The maximum absolute atomic E-state index is 12.3. The lowest BCUT2D eigenvalue weighted by atomic mass is 9.62. The molecule has 7 heteroatoms. The number of carbonyl (C=O) groups is 1. The molecule has 1 unspecified atom stereocenters. The van der Waals surface area contributed by atoms with E-state index in [4.69, 9.17) is 4.74 Å². The third-order valence-electron chi connectivity index (χ3n) is 7.69. The average Bonchev–Trinajstić information content (AvgIpc) is 3.08. The summed E-state index contributed by atoms with van der Waals surface area (Å²) >= 11 is 0. The second-order valence-electron chi connectivity index (χ2n) is 11.0. The number of carboxylic acid groups (broad SMARTS) is 1. The van der Waals surface area contributed by atoms with Crippen LogP contribution in [-0.2, 0) is 5.60 Å². The summed E-state index contributed by atoms with van der Waals surface area (Å²) in [6, 6.07) is 9.69. The molecule has 1 aromatic carbocycles. The number of hydrogen-bond donors (Lipinski definition) is 2. The molecule has 7 nitrogen and oxygen atoms in total. The van der Waals surface area contributed by atoms with Crippen molar-refractivity contribution >= 4 is 6.09 Å². The number of aliphatic hydroxyl groups is 1. The van der Waals surface area contributed by atoms with Crippen LogP contribution in [0.2, 0.25) is 0 Å². The molecule has 2 aliphatic rings. The van der Waals surface area contributed by atoms with E-state index in [0.717, 1.165) is 19.3 Å². The predicted molar refractivity (Wildman–Crippen MR) is 125 cm³/mol. The molecule has 1 aromatic heterocycles. The van der Waals surface area contributed by atoms with E-state index < -0.39 is 17.1 Å². The first-order chi connectivity index (χ1) is 15.5. The van der Waals surface area contributed by atoms with Gasteiger partial charge in [-0.1, -0.05) is 58.9 Å². The van der Waals surface area contributed by atoms with E-state index in [9.17, 15) is 15.0 Å². The zero-order valence-corrected chi connectivity index (χ0v) is 20.2. The van der Waals surface area contributed by atoms with Crippen molar-refractivity contribution in [3.8, 4) is 5.88 Å². The zero-order chi connectivity index (χ0) is 24.0. The van der Waals surface area contributed by atoms with Gasteiger partial charge >= 0.3 is 6.09 Å². The van der Waals surface area contributed by atoms with Gasteiger partial charge < -0.3 is 19.8 Å². The summed E-state index contributed by atoms with van der Waals surface area (Å²) in [5.74, 6) is 0.758. The Labute approximate surface area is 195 Å². The lowest BCUT2D eigenvalue weighted by Crippen LogP contribution is -2.66. The molecule has 178 valence electrons. The van der Waals surface area contributed by atoms with Crippen LogP contribution in [-0.4, -0.2) is 50.6 Å². The summed E-state index contributed by atoms with van der Waals surface area (Å²) in [5.41, 5.74) is 0.327. The summed E-state index contributed by atoms with van der Waals surface area (Å²) in [5, 5.41) is 30.1. The van der Waals surface area contributed by atoms with Crippen molar-refractivity contribution in [3.05, 3.63) is 53.2 Å². The molecule has 2 heterocycles. The highest BCUT2D eigenvalue weighted by molar-refractivity contribution is 5.67. The molecule has 0 spiro atoms. The highest BCUT2D eigenvalue weighted by Gasteiger charge is 2.57. The van der Waals surface area contributed by atoms with Gasteiger partial charge in [-0.2, -0.15) is 5.10 Å². The molecule has 0 radical (unpaired) electrons. The lowest BCUT2D eigenvalue weighted by molar-refractivity contribution is -0.124. The van der Waals surface area contributed by atoms with Gasteiger partial charge in [0.25, 0.3) is 0 Å². The Hall–Kier alpha value is -2.67. The van der Waals surface area contributed by atoms with E-state index in [-0.39, 0.29) is 24.6 Å². The maximum atomic E-state index is 12.3. The van der Waals surface area contributed by atoms with Gasteiger partial charge in [0.1, 0.15) is 11.7 Å². The Balaban J connectivity index is 1.73. The molecule has 2 fully saturated rings. The molecule has 2 N–H and O–H groups in total. The quantitative estimate of drug-likeness (QED) is 0.653. The van der Waals surface area contributed by atoms with Gasteiger partial charge in [-0.25, -0.2) is 4.79 Å². The van der Waals surface area contributed by atoms with Gasteiger partial charge in [0.15, 0.2) is 0 Å². The van der Waals surface area contributed by atoms with Crippen molar-refractivity contribution in [1.29, 1.82) is 0 Å². The monoisotopic (exact) mass is 453 g/mol. The van der Waals surface area contributed by atoms with Crippen LogP contribution in [0.5, 0.6) is 5.88 Å². The van der Waals surface area contributed by atoms with Crippen LogP contribution in [0.1, 0.15) is 76.5 Å². The summed E-state index contributed by atoms with van der Waals surface area (Å²) in [6.45, 7) is 11.0. The molecule has 1 saturated carbocycles. The topological polar surface area (TPSA) is 95.8 Å². The fraction of sp³-hybridized carbons (Fsp3) is 0.577. The number of likely N-dealkylation sites (tertiary alicyclic amines) is 1. The minimum absolute atomic E-state index is 0.0438. The molecule has 1 aliphatic heterocycles. The van der Waals surface area contributed by atoms with Crippen molar-refractivity contribution in [2.24, 2.45) is 10.8 Å². The van der Waals surface area contributed by atoms with Gasteiger partial charge in [0.05, 0.1) is 6.20 Å². The van der Waals surface area contributed by atoms with E-state index in [2.05, 4.69) is 37.9 Å². The van der Waals surface area contributed by atoms with Gasteiger partial charge in [-0.3, -0.25) is 0 Å². The molecule has 1 amide bonds. The van der Waals surface area contributed by atoms with Crippen molar-refractivity contribution in [1.82, 2.24) is 15.1 Å². The third kappa shape index (κ3) is 4.07. The standard InChI is InChI=1S/C26H35N3O4/c1-17(2)18-8-10-19(11-9-18)26(32,25(5)15-29(16-25)23(30)31)20-13-22(28-27-14-20)33-21-7-6-12-24(21,3)4/h8-11,13-14,17,21,32H,6-7,12,15-16H2,1-5H3,(H,30,31)/t21?,26-/m0/s1. The molecule has 0 bridgehead atoms. The fourth-order valence-electron chi connectivity index (χ4n) is 5.39. The van der Waals surface area contributed by atoms with Crippen LogP contribution in [0.3, 0.4) is 0 Å². The van der Waals surface area contributed by atoms with E-state index in [1.54, 1.807) is 12.3 Å². The number of amides is 1. The molecule has 4 rings (SSSR count). The van der Waals surface area contributed by atoms with Gasteiger partial charge in [-0.05, 0) is 36.3 Å². The Kier molecular flexibility index (Phi) is 5.89. The van der Waals surface area contributed by atoms with Gasteiger partial charge in [0, 0.05) is 35.5 Å². The van der Waals surface area contributed by atoms with Gasteiger partial charge in [-0.15, -0.1) is 5.10 Å². The van der Waals surface area contributed by atoms with Crippen molar-refractivity contribution < 1.29 is 19.7 Å². The summed E-state index contributed by atoms with van der Waals surface area (Å²) < 4.78 is 6.25. The Morgan fingerprint density at radius 3 is 2.39 bits per heavy atom. The Morgan fingerprint density at radius 1 is 1.18 bits per heavy atom. The number of ether oxygens (including phenoxy) is 1. The van der Waals surface area contributed by atoms with Crippen molar-refractivity contribution in [2.75, 3.05) is 13.1 Å². The first-order valence-electron chi connectivity index (χ1n) is 11.8. The van der Waals surface area contributed by atoms with E-state index in [1.165, 1.54) is 10.5 Å². The summed E-state index contributed by atoms with van der Waals surface area (Å²) in [6.07, 6.45) is 3.80. The van der Waals surface area contributed by atoms with Crippen LogP contribution in [0.15, 0.2) is 36.5 Å². The fourth-order valence-corrected chi connectivity index (χ4v) is 5.39. The molecule has 1 saturated heterocycles. The minimum atomic E-state index is -1.45. The number of benzene rings is 1. The number of aromatic nitrogens is 2. The molecule has 2 atom stereocenters. The molecule has 33 heavy (non-hydrogen) atoms. The largest absolute Gasteiger partial charge is 0.473 e. The van der Waals surface area contributed by atoms with Crippen LogP contribution >= 0.6 is 0 Å². The minimum Gasteiger partial charge on any atom is -0.473 e. The van der Waals surface area contributed by atoms with E-state index >= 15 is 0 Å². The second kappa shape index (κ2) is 8.28. The highest BCUT2D eigenvalue weighted by Crippen LogP contribution is 2.51. The molecular formula is C26H35N3O4. The number of rotatable bonds is 6. The highest BCUT2D eigenvalue weighted by atomic mass is 16.5.